The Morgan fingerprint density at radius 2 is 1.88 bits per heavy atom. The standard InChI is InChI=1S/C26H25FN4O2/c27-19-11-12-22-20(15-19)26(33)31(16-28-22)23(14-17-6-2-1-3-7-17)25(32)30-24-13-10-18-8-4-5-9-21(18)29-24/h4-5,8-13,15-17,23H,1-3,6-7,14H2,(H,29,30,32). The zero-order valence-electron chi connectivity index (χ0n) is 18.2. The van der Waals surface area contributed by atoms with Gasteiger partial charge in [-0.1, -0.05) is 50.3 Å². The van der Waals surface area contributed by atoms with E-state index in [4.69, 9.17) is 0 Å². The van der Waals surface area contributed by atoms with Crippen molar-refractivity contribution >= 4 is 33.5 Å². The van der Waals surface area contributed by atoms with Gasteiger partial charge in [-0.25, -0.2) is 14.4 Å². The second kappa shape index (κ2) is 9.10. The fourth-order valence-corrected chi connectivity index (χ4v) is 4.76. The molecule has 1 N–H and O–H groups in total. The molecule has 1 unspecified atom stereocenters. The van der Waals surface area contributed by atoms with Gasteiger partial charge in [-0.2, -0.15) is 0 Å². The van der Waals surface area contributed by atoms with Crippen molar-refractivity contribution in [2.75, 3.05) is 5.32 Å². The first-order valence-corrected chi connectivity index (χ1v) is 11.4. The molecule has 2 aromatic heterocycles. The minimum absolute atomic E-state index is 0.169. The molecule has 168 valence electrons. The van der Waals surface area contributed by atoms with Gasteiger partial charge >= 0.3 is 0 Å². The van der Waals surface area contributed by atoms with Crippen molar-refractivity contribution in [3.8, 4) is 0 Å². The molecule has 0 spiro atoms. The minimum Gasteiger partial charge on any atom is -0.309 e. The number of anilines is 1. The highest BCUT2D eigenvalue weighted by Crippen LogP contribution is 2.31. The van der Waals surface area contributed by atoms with Crippen LogP contribution in [0.4, 0.5) is 10.2 Å². The van der Waals surface area contributed by atoms with E-state index in [9.17, 15) is 14.0 Å². The number of benzene rings is 2. The molecule has 1 atom stereocenters. The number of hydrogen-bond acceptors (Lipinski definition) is 4. The van der Waals surface area contributed by atoms with Crippen LogP contribution in [0.1, 0.15) is 44.6 Å². The molecule has 2 heterocycles. The minimum atomic E-state index is -0.756. The maximum Gasteiger partial charge on any atom is 0.262 e. The zero-order chi connectivity index (χ0) is 22.8. The lowest BCUT2D eigenvalue weighted by Gasteiger charge is -2.27. The SMILES string of the molecule is O=C(Nc1ccc2ccccc2n1)C(CC1CCCCC1)n1cnc2ccc(F)cc2c1=O. The Kier molecular flexibility index (Phi) is 5.86. The van der Waals surface area contributed by atoms with E-state index in [-0.39, 0.29) is 11.3 Å². The van der Waals surface area contributed by atoms with Crippen LogP contribution in [0.5, 0.6) is 0 Å². The highest BCUT2D eigenvalue weighted by Gasteiger charge is 2.28. The lowest BCUT2D eigenvalue weighted by molar-refractivity contribution is -0.120. The van der Waals surface area contributed by atoms with Crippen molar-refractivity contribution in [1.82, 2.24) is 14.5 Å². The molecule has 4 aromatic rings. The Hall–Kier alpha value is -3.61. The molecule has 1 aliphatic carbocycles. The van der Waals surface area contributed by atoms with Crippen LogP contribution < -0.4 is 10.9 Å². The normalized spacial score (nSPS) is 15.5. The number of pyridine rings is 1. The summed E-state index contributed by atoms with van der Waals surface area (Å²) in [6.45, 7) is 0. The summed E-state index contributed by atoms with van der Waals surface area (Å²) in [6, 6.07) is 14.5. The molecule has 5 rings (SSSR count). The van der Waals surface area contributed by atoms with Gasteiger partial charge in [0.15, 0.2) is 0 Å². The van der Waals surface area contributed by atoms with E-state index in [1.54, 1.807) is 6.07 Å². The Balaban J connectivity index is 1.50. The fourth-order valence-electron chi connectivity index (χ4n) is 4.76. The highest BCUT2D eigenvalue weighted by molar-refractivity contribution is 5.94. The Morgan fingerprint density at radius 3 is 2.73 bits per heavy atom. The molecule has 6 nitrogen and oxygen atoms in total. The first kappa shape index (κ1) is 21.2. The number of carbonyl (C=O) groups is 1. The number of amides is 1. The van der Waals surface area contributed by atoms with E-state index < -0.39 is 17.4 Å². The van der Waals surface area contributed by atoms with Gasteiger partial charge in [-0.05, 0) is 48.7 Å². The average Bonchev–Trinajstić information content (AvgIpc) is 2.84. The van der Waals surface area contributed by atoms with Crippen molar-refractivity contribution in [2.45, 2.75) is 44.6 Å². The average molecular weight is 445 g/mol. The fraction of sp³-hybridized carbons (Fsp3) is 0.308. The first-order chi connectivity index (χ1) is 16.1. The molecule has 1 aliphatic rings. The number of nitrogens with one attached hydrogen (secondary N) is 1. The molecule has 0 bridgehead atoms. The Bertz CT molecular complexity index is 1380. The van der Waals surface area contributed by atoms with Crippen LogP contribution in [0.15, 0.2) is 65.7 Å². The van der Waals surface area contributed by atoms with Crippen LogP contribution in [-0.2, 0) is 4.79 Å². The predicted octanol–water partition coefficient (Wildman–Crippen LogP) is 5.23. The lowest BCUT2D eigenvalue weighted by atomic mass is 9.84. The number of fused-ring (bicyclic) bond motifs is 2. The Labute approximate surface area is 190 Å². The van der Waals surface area contributed by atoms with E-state index >= 15 is 0 Å². The van der Waals surface area contributed by atoms with E-state index in [0.29, 0.717) is 23.7 Å². The van der Waals surface area contributed by atoms with Gasteiger partial charge in [-0.3, -0.25) is 14.2 Å². The van der Waals surface area contributed by atoms with Gasteiger partial charge < -0.3 is 5.32 Å². The molecule has 7 heteroatoms. The van der Waals surface area contributed by atoms with Gasteiger partial charge in [0.25, 0.3) is 5.56 Å². The van der Waals surface area contributed by atoms with Gasteiger partial charge in [0.1, 0.15) is 17.7 Å². The molecule has 2 aromatic carbocycles. The van der Waals surface area contributed by atoms with E-state index in [2.05, 4.69) is 15.3 Å². The maximum absolute atomic E-state index is 13.8. The first-order valence-electron chi connectivity index (χ1n) is 11.4. The van der Waals surface area contributed by atoms with Crippen LogP contribution >= 0.6 is 0 Å². The number of aromatic nitrogens is 3. The molecule has 1 saturated carbocycles. The van der Waals surface area contributed by atoms with Crippen molar-refractivity contribution in [3.05, 3.63) is 77.1 Å². The highest BCUT2D eigenvalue weighted by atomic mass is 19.1. The summed E-state index contributed by atoms with van der Waals surface area (Å²) >= 11 is 0. The third-order valence-electron chi connectivity index (χ3n) is 6.51. The van der Waals surface area contributed by atoms with E-state index in [1.807, 2.05) is 30.3 Å². The predicted molar refractivity (Wildman–Crippen MR) is 127 cm³/mol. The second-order valence-electron chi connectivity index (χ2n) is 8.75. The number of carbonyl (C=O) groups excluding carboxylic acids is 1. The Morgan fingerprint density at radius 1 is 1.06 bits per heavy atom. The number of para-hydroxylation sites is 1. The van der Waals surface area contributed by atoms with E-state index in [1.165, 1.54) is 35.5 Å². The van der Waals surface area contributed by atoms with Crippen molar-refractivity contribution in [3.63, 3.8) is 0 Å². The molecule has 0 saturated heterocycles. The van der Waals surface area contributed by atoms with Crippen LogP contribution in [0, 0.1) is 11.7 Å². The van der Waals surface area contributed by atoms with Crippen LogP contribution in [0.25, 0.3) is 21.8 Å². The van der Waals surface area contributed by atoms with Gasteiger partial charge in [0.05, 0.1) is 22.7 Å². The van der Waals surface area contributed by atoms with Crippen molar-refractivity contribution in [1.29, 1.82) is 0 Å². The third kappa shape index (κ3) is 4.49. The largest absolute Gasteiger partial charge is 0.309 e. The topological polar surface area (TPSA) is 76.9 Å². The number of nitrogens with zero attached hydrogens (tertiary/aromatic N) is 3. The molecular formula is C26H25FN4O2. The molecule has 0 aliphatic heterocycles. The smallest absolute Gasteiger partial charge is 0.262 e. The maximum atomic E-state index is 13.8. The molecular weight excluding hydrogens is 419 g/mol. The van der Waals surface area contributed by atoms with Gasteiger partial charge in [0.2, 0.25) is 5.91 Å². The van der Waals surface area contributed by atoms with Gasteiger partial charge in [-0.15, -0.1) is 0 Å². The van der Waals surface area contributed by atoms with Gasteiger partial charge in [0, 0.05) is 5.39 Å². The summed E-state index contributed by atoms with van der Waals surface area (Å²) < 4.78 is 15.2. The van der Waals surface area contributed by atoms with Crippen LogP contribution in [0.2, 0.25) is 0 Å². The monoisotopic (exact) mass is 444 g/mol. The van der Waals surface area contributed by atoms with E-state index in [0.717, 1.165) is 36.6 Å². The lowest BCUT2D eigenvalue weighted by Crippen LogP contribution is -2.35. The quantitative estimate of drug-likeness (QED) is 0.457. The summed E-state index contributed by atoms with van der Waals surface area (Å²) in [6.07, 6.45) is 7.45. The number of rotatable bonds is 5. The van der Waals surface area contributed by atoms with Crippen LogP contribution in [0.3, 0.4) is 0 Å². The molecule has 0 radical (unpaired) electrons. The molecule has 33 heavy (non-hydrogen) atoms. The second-order valence-corrected chi connectivity index (χ2v) is 8.75. The summed E-state index contributed by atoms with van der Waals surface area (Å²) in [4.78, 5) is 35.6. The number of hydrogen-bond donors (Lipinski definition) is 1. The van der Waals surface area contributed by atoms with Crippen molar-refractivity contribution < 1.29 is 9.18 Å². The van der Waals surface area contributed by atoms with Crippen molar-refractivity contribution in [2.24, 2.45) is 5.92 Å². The molecule has 1 fully saturated rings. The summed E-state index contributed by atoms with van der Waals surface area (Å²) in [5.41, 5.74) is 0.770. The number of halogens is 1. The summed E-state index contributed by atoms with van der Waals surface area (Å²) in [5, 5.41) is 4.04. The molecule has 1 amide bonds. The third-order valence-corrected chi connectivity index (χ3v) is 6.51. The summed E-state index contributed by atoms with van der Waals surface area (Å²) in [7, 11) is 0. The van der Waals surface area contributed by atoms with Crippen LogP contribution in [-0.4, -0.2) is 20.4 Å². The summed E-state index contributed by atoms with van der Waals surface area (Å²) in [5.74, 6) is -0.0508. The zero-order valence-corrected chi connectivity index (χ0v) is 18.2.